The molecule has 70 valence electrons. The predicted molar refractivity (Wildman–Crippen MR) is 54.7 cm³/mol. The lowest BCUT2D eigenvalue weighted by molar-refractivity contribution is 0.317. The zero-order valence-electron chi connectivity index (χ0n) is 8.13. The molecule has 1 aromatic rings. The Hall–Kier alpha value is -1.31. The second-order valence-corrected chi connectivity index (χ2v) is 3.00. The summed E-state index contributed by atoms with van der Waals surface area (Å²) in [5.41, 5.74) is 1.53. The van der Waals surface area contributed by atoms with Gasteiger partial charge in [-0.25, -0.2) is 0 Å². The van der Waals surface area contributed by atoms with E-state index in [0.29, 0.717) is 5.71 Å². The lowest BCUT2D eigenvalue weighted by Gasteiger charge is -2.04. The van der Waals surface area contributed by atoms with Gasteiger partial charge in [-0.3, -0.25) is 0 Å². The van der Waals surface area contributed by atoms with E-state index in [1.165, 1.54) is 0 Å². The lowest BCUT2D eigenvalue weighted by Crippen LogP contribution is -1.96. The van der Waals surface area contributed by atoms with Crippen LogP contribution in [0.5, 0.6) is 5.75 Å². The van der Waals surface area contributed by atoms with Crippen molar-refractivity contribution >= 4 is 5.71 Å². The van der Waals surface area contributed by atoms with Gasteiger partial charge in [-0.2, -0.15) is 0 Å². The maximum atomic E-state index is 7.40. The molecule has 0 aliphatic carbocycles. The van der Waals surface area contributed by atoms with Crippen molar-refractivity contribution in [1.82, 2.24) is 0 Å². The standard InChI is InChI=1S/C11H15NO/c1-3-8-13-11-6-4-10(5-7-11)9(2)12/h4-7,12H,3,8H2,1-2H3. The van der Waals surface area contributed by atoms with Crippen molar-refractivity contribution in [3.05, 3.63) is 29.8 Å². The maximum absolute atomic E-state index is 7.40. The molecule has 13 heavy (non-hydrogen) atoms. The van der Waals surface area contributed by atoms with E-state index in [1.807, 2.05) is 24.3 Å². The van der Waals surface area contributed by atoms with E-state index in [9.17, 15) is 0 Å². The summed E-state index contributed by atoms with van der Waals surface area (Å²) in [6, 6.07) is 7.63. The van der Waals surface area contributed by atoms with E-state index >= 15 is 0 Å². The third-order valence-corrected chi connectivity index (χ3v) is 1.76. The normalized spacial score (nSPS) is 9.69. The smallest absolute Gasteiger partial charge is 0.119 e. The topological polar surface area (TPSA) is 33.1 Å². The Kier molecular flexibility index (Phi) is 3.50. The number of ether oxygens (including phenoxy) is 1. The van der Waals surface area contributed by atoms with Crippen LogP contribution in [0.15, 0.2) is 24.3 Å². The second kappa shape index (κ2) is 4.65. The van der Waals surface area contributed by atoms with Gasteiger partial charge in [0.15, 0.2) is 0 Å². The molecule has 0 saturated carbocycles. The van der Waals surface area contributed by atoms with Crippen LogP contribution in [0.4, 0.5) is 0 Å². The van der Waals surface area contributed by atoms with Crippen molar-refractivity contribution in [3.8, 4) is 5.75 Å². The minimum absolute atomic E-state index is 0.585. The molecule has 0 unspecified atom stereocenters. The van der Waals surface area contributed by atoms with Gasteiger partial charge in [-0.05, 0) is 43.2 Å². The van der Waals surface area contributed by atoms with Gasteiger partial charge in [0.05, 0.1) is 6.61 Å². The van der Waals surface area contributed by atoms with Gasteiger partial charge in [0.2, 0.25) is 0 Å². The van der Waals surface area contributed by atoms with Gasteiger partial charge in [0.1, 0.15) is 5.75 Å². The number of hydrogen-bond donors (Lipinski definition) is 1. The fourth-order valence-electron chi connectivity index (χ4n) is 1.02. The second-order valence-electron chi connectivity index (χ2n) is 3.00. The van der Waals surface area contributed by atoms with Crippen molar-refractivity contribution in [2.45, 2.75) is 20.3 Å². The van der Waals surface area contributed by atoms with Crippen molar-refractivity contribution in [2.24, 2.45) is 0 Å². The van der Waals surface area contributed by atoms with Crippen LogP contribution >= 0.6 is 0 Å². The van der Waals surface area contributed by atoms with Gasteiger partial charge in [0, 0.05) is 5.71 Å². The summed E-state index contributed by atoms with van der Waals surface area (Å²) in [4.78, 5) is 0. The van der Waals surface area contributed by atoms with E-state index in [0.717, 1.165) is 24.3 Å². The van der Waals surface area contributed by atoms with Crippen LogP contribution in [0.3, 0.4) is 0 Å². The Morgan fingerprint density at radius 2 is 1.92 bits per heavy atom. The van der Waals surface area contributed by atoms with Gasteiger partial charge in [0.25, 0.3) is 0 Å². The predicted octanol–water partition coefficient (Wildman–Crippen LogP) is 2.86. The molecule has 0 spiro atoms. The van der Waals surface area contributed by atoms with E-state index in [4.69, 9.17) is 10.1 Å². The van der Waals surface area contributed by atoms with E-state index in [-0.39, 0.29) is 0 Å². The minimum Gasteiger partial charge on any atom is -0.494 e. The third kappa shape index (κ3) is 2.90. The molecule has 1 rings (SSSR count). The summed E-state index contributed by atoms with van der Waals surface area (Å²) in [7, 11) is 0. The highest BCUT2D eigenvalue weighted by molar-refractivity contribution is 5.96. The third-order valence-electron chi connectivity index (χ3n) is 1.76. The Morgan fingerprint density at radius 3 is 2.38 bits per heavy atom. The Morgan fingerprint density at radius 1 is 1.31 bits per heavy atom. The first-order chi connectivity index (χ1) is 6.24. The van der Waals surface area contributed by atoms with Crippen molar-refractivity contribution in [3.63, 3.8) is 0 Å². The molecule has 0 radical (unpaired) electrons. The first-order valence-electron chi connectivity index (χ1n) is 4.52. The monoisotopic (exact) mass is 177 g/mol. The van der Waals surface area contributed by atoms with Crippen molar-refractivity contribution in [1.29, 1.82) is 5.41 Å². The highest BCUT2D eigenvalue weighted by atomic mass is 16.5. The van der Waals surface area contributed by atoms with Crippen LogP contribution < -0.4 is 4.74 Å². The molecule has 0 saturated heterocycles. The molecule has 0 aliphatic heterocycles. The molecule has 2 nitrogen and oxygen atoms in total. The van der Waals surface area contributed by atoms with Crippen LogP contribution in [0, 0.1) is 5.41 Å². The molecule has 0 aliphatic rings. The zero-order chi connectivity index (χ0) is 9.68. The Bertz CT molecular complexity index is 277. The van der Waals surface area contributed by atoms with Crippen LogP contribution in [0.25, 0.3) is 0 Å². The first-order valence-corrected chi connectivity index (χ1v) is 4.52. The number of benzene rings is 1. The van der Waals surface area contributed by atoms with Crippen LogP contribution in [-0.4, -0.2) is 12.3 Å². The van der Waals surface area contributed by atoms with Gasteiger partial charge in [-0.1, -0.05) is 6.92 Å². The highest BCUT2D eigenvalue weighted by Crippen LogP contribution is 2.12. The summed E-state index contributed by atoms with van der Waals surface area (Å²) in [5, 5.41) is 7.40. The molecule has 0 bridgehead atoms. The van der Waals surface area contributed by atoms with Crippen molar-refractivity contribution in [2.75, 3.05) is 6.61 Å². The van der Waals surface area contributed by atoms with E-state index in [1.54, 1.807) is 6.92 Å². The molecular formula is C11H15NO. The quantitative estimate of drug-likeness (QED) is 0.705. The van der Waals surface area contributed by atoms with Gasteiger partial charge >= 0.3 is 0 Å². The molecule has 2 heteroatoms. The summed E-state index contributed by atoms with van der Waals surface area (Å²) >= 11 is 0. The summed E-state index contributed by atoms with van der Waals surface area (Å²) in [6.07, 6.45) is 1.02. The fraction of sp³-hybridized carbons (Fsp3) is 0.364. The summed E-state index contributed by atoms with van der Waals surface area (Å²) < 4.78 is 5.42. The molecule has 0 atom stereocenters. The lowest BCUT2D eigenvalue weighted by atomic mass is 10.1. The molecule has 0 aromatic heterocycles. The Labute approximate surface area is 79.1 Å². The molecule has 0 heterocycles. The van der Waals surface area contributed by atoms with E-state index < -0.39 is 0 Å². The fourth-order valence-corrected chi connectivity index (χ4v) is 1.02. The molecule has 0 fully saturated rings. The summed E-state index contributed by atoms with van der Waals surface area (Å²) in [5.74, 6) is 0.881. The van der Waals surface area contributed by atoms with Gasteiger partial charge in [-0.15, -0.1) is 0 Å². The molecular weight excluding hydrogens is 162 g/mol. The number of hydrogen-bond acceptors (Lipinski definition) is 2. The minimum atomic E-state index is 0.585. The largest absolute Gasteiger partial charge is 0.494 e. The molecule has 1 N–H and O–H groups in total. The number of rotatable bonds is 4. The molecule has 0 amide bonds. The van der Waals surface area contributed by atoms with Crippen LogP contribution in [0.2, 0.25) is 0 Å². The summed E-state index contributed by atoms with van der Waals surface area (Å²) in [6.45, 7) is 4.61. The van der Waals surface area contributed by atoms with E-state index in [2.05, 4.69) is 6.92 Å². The SMILES string of the molecule is CCCOc1ccc(C(C)=N)cc1. The average molecular weight is 177 g/mol. The first kappa shape index (κ1) is 9.78. The maximum Gasteiger partial charge on any atom is 0.119 e. The number of nitrogens with one attached hydrogen (secondary N) is 1. The molecule has 1 aromatic carbocycles. The van der Waals surface area contributed by atoms with Crippen LogP contribution in [-0.2, 0) is 0 Å². The highest BCUT2D eigenvalue weighted by Gasteiger charge is 1.95. The van der Waals surface area contributed by atoms with Crippen molar-refractivity contribution < 1.29 is 4.74 Å². The average Bonchev–Trinajstić information content (AvgIpc) is 2.15. The Balaban J connectivity index is 2.64. The van der Waals surface area contributed by atoms with Gasteiger partial charge < -0.3 is 10.1 Å². The van der Waals surface area contributed by atoms with Crippen LogP contribution in [0.1, 0.15) is 25.8 Å². The zero-order valence-corrected chi connectivity index (χ0v) is 8.13.